The first-order chi connectivity index (χ1) is 7.88. The van der Waals surface area contributed by atoms with Crippen LogP contribution in [0.25, 0.3) is 0 Å². The van der Waals surface area contributed by atoms with Gasteiger partial charge < -0.3 is 15.4 Å². The Labute approximate surface area is 97.2 Å². The second-order valence-electron chi connectivity index (χ2n) is 4.30. The van der Waals surface area contributed by atoms with E-state index in [4.69, 9.17) is 4.74 Å². The second-order valence-corrected chi connectivity index (χ2v) is 4.30. The molecule has 2 bridgehead atoms. The molecule has 1 atom stereocenters. The van der Waals surface area contributed by atoms with Gasteiger partial charge in [-0.3, -0.25) is 0 Å². The number of rotatable bonds is 2. The Morgan fingerprint density at radius 3 is 2.44 bits per heavy atom. The highest BCUT2D eigenvalue weighted by atomic mass is 16.5. The number of benzene rings is 1. The summed E-state index contributed by atoms with van der Waals surface area (Å²) in [4.78, 5) is 0. The quantitative estimate of drug-likeness (QED) is 0.799. The number of anilines is 1. The first kappa shape index (κ1) is 11.4. The molecule has 0 spiro atoms. The van der Waals surface area contributed by atoms with Crippen LogP contribution in [0.15, 0.2) is 24.3 Å². The Hall–Kier alpha value is -1.06. The van der Waals surface area contributed by atoms with Crippen molar-refractivity contribution in [3.63, 3.8) is 0 Å². The second kappa shape index (κ2) is 5.87. The summed E-state index contributed by atoms with van der Waals surface area (Å²) in [5.74, 6) is 0. The molecule has 0 aromatic heterocycles. The summed E-state index contributed by atoms with van der Waals surface area (Å²) in [5.41, 5.74) is 2.61. The topological polar surface area (TPSA) is 33.3 Å². The van der Waals surface area contributed by atoms with E-state index in [1.54, 1.807) is 7.11 Å². The molecule has 1 fully saturated rings. The van der Waals surface area contributed by atoms with E-state index in [1.165, 1.54) is 30.6 Å². The summed E-state index contributed by atoms with van der Waals surface area (Å²) in [6.07, 6.45) is 2.60. The zero-order valence-corrected chi connectivity index (χ0v) is 9.83. The van der Waals surface area contributed by atoms with Crippen molar-refractivity contribution < 1.29 is 4.74 Å². The zero-order chi connectivity index (χ0) is 11.2. The lowest BCUT2D eigenvalue weighted by Crippen LogP contribution is -2.25. The third-order valence-corrected chi connectivity index (χ3v) is 2.98. The average molecular weight is 220 g/mol. The average Bonchev–Trinajstić information content (AvgIpc) is 2.86. The minimum atomic E-state index is 0.639. The highest BCUT2D eigenvalue weighted by Gasteiger charge is 2.12. The van der Waals surface area contributed by atoms with Crippen molar-refractivity contribution in [1.82, 2.24) is 5.32 Å². The van der Waals surface area contributed by atoms with Crippen molar-refractivity contribution in [1.29, 1.82) is 0 Å². The monoisotopic (exact) mass is 220 g/mol. The van der Waals surface area contributed by atoms with Crippen LogP contribution < -0.4 is 10.6 Å². The van der Waals surface area contributed by atoms with Gasteiger partial charge in [0.1, 0.15) is 0 Å². The van der Waals surface area contributed by atoms with Crippen molar-refractivity contribution in [2.45, 2.75) is 25.4 Å². The fourth-order valence-corrected chi connectivity index (χ4v) is 2.04. The van der Waals surface area contributed by atoms with E-state index in [0.29, 0.717) is 6.04 Å². The van der Waals surface area contributed by atoms with Gasteiger partial charge in [-0.05, 0) is 37.1 Å². The van der Waals surface area contributed by atoms with Gasteiger partial charge in [-0.2, -0.15) is 0 Å². The number of fused-ring (bicyclic) bond motifs is 3. The summed E-state index contributed by atoms with van der Waals surface area (Å²) in [6, 6.07) is 9.12. The maximum Gasteiger partial charge on any atom is 0.0615 e. The number of methoxy groups -OCH3 is 1. The fourth-order valence-electron chi connectivity index (χ4n) is 2.04. The largest absolute Gasteiger partial charge is 0.383 e. The van der Waals surface area contributed by atoms with E-state index in [-0.39, 0.29) is 0 Å². The Bertz CT molecular complexity index is 281. The third kappa shape index (κ3) is 3.22. The first-order valence-electron chi connectivity index (χ1n) is 5.93. The maximum absolute atomic E-state index is 4.96. The molecule has 88 valence electrons. The molecule has 0 saturated carbocycles. The van der Waals surface area contributed by atoms with Crippen molar-refractivity contribution >= 4 is 5.69 Å². The molecule has 0 radical (unpaired) electrons. The van der Waals surface area contributed by atoms with Gasteiger partial charge in [-0.1, -0.05) is 12.1 Å². The summed E-state index contributed by atoms with van der Waals surface area (Å²) in [7, 11) is 1.75. The number of nitrogens with one attached hydrogen (secondary N) is 2. The SMILES string of the molecule is COCC1CCCN1.c1cc2ccc1CN2. The lowest BCUT2D eigenvalue weighted by Gasteiger charge is -2.12. The van der Waals surface area contributed by atoms with Crippen LogP contribution in [0.3, 0.4) is 0 Å². The van der Waals surface area contributed by atoms with Gasteiger partial charge >= 0.3 is 0 Å². The summed E-state index contributed by atoms with van der Waals surface area (Å²) >= 11 is 0. The smallest absolute Gasteiger partial charge is 0.0615 e. The molecule has 2 N–H and O–H groups in total. The molecule has 1 aromatic rings. The standard InChI is InChI=1S/C7H7N.C6H13NO/c1-3-7-4-2-6(1)5-8-7;1-8-5-6-3-2-4-7-6/h1-4,8H,5H2;6-7H,2-5H2,1H3. The Morgan fingerprint density at radius 2 is 2.12 bits per heavy atom. The zero-order valence-electron chi connectivity index (χ0n) is 9.83. The lowest BCUT2D eigenvalue weighted by molar-refractivity contribution is 0.173. The molecule has 3 nitrogen and oxygen atoms in total. The van der Waals surface area contributed by atoms with Gasteiger partial charge in [0.15, 0.2) is 0 Å². The van der Waals surface area contributed by atoms with Crippen LogP contribution in [-0.2, 0) is 11.3 Å². The molecule has 0 amide bonds. The highest BCUT2D eigenvalue weighted by molar-refractivity contribution is 5.49. The Kier molecular flexibility index (Phi) is 4.19. The van der Waals surface area contributed by atoms with E-state index in [1.807, 2.05) is 0 Å². The van der Waals surface area contributed by atoms with Crippen molar-refractivity contribution in [3.05, 3.63) is 29.8 Å². The molecule has 1 aromatic carbocycles. The molecule has 3 aliphatic heterocycles. The molecule has 16 heavy (non-hydrogen) atoms. The van der Waals surface area contributed by atoms with E-state index < -0.39 is 0 Å². The van der Waals surface area contributed by atoms with Crippen LogP contribution in [-0.4, -0.2) is 26.3 Å². The van der Waals surface area contributed by atoms with Gasteiger partial charge in [0.2, 0.25) is 0 Å². The molecule has 1 saturated heterocycles. The molecule has 3 aliphatic rings. The maximum atomic E-state index is 4.96. The van der Waals surface area contributed by atoms with Crippen molar-refractivity contribution in [3.8, 4) is 0 Å². The van der Waals surface area contributed by atoms with E-state index in [0.717, 1.165) is 13.2 Å². The van der Waals surface area contributed by atoms with Gasteiger partial charge in [-0.15, -0.1) is 0 Å². The number of hydrogen-bond donors (Lipinski definition) is 2. The van der Waals surface area contributed by atoms with E-state index >= 15 is 0 Å². The Balaban J connectivity index is 0.000000120. The Morgan fingerprint density at radius 1 is 1.31 bits per heavy atom. The minimum Gasteiger partial charge on any atom is -0.383 e. The fraction of sp³-hybridized carbons (Fsp3) is 0.538. The van der Waals surface area contributed by atoms with Crippen LogP contribution >= 0.6 is 0 Å². The molecule has 4 rings (SSSR count). The minimum absolute atomic E-state index is 0.639. The number of ether oxygens (including phenoxy) is 1. The molecular weight excluding hydrogens is 200 g/mol. The number of hydrogen-bond acceptors (Lipinski definition) is 3. The van der Waals surface area contributed by atoms with Gasteiger partial charge in [-0.25, -0.2) is 0 Å². The summed E-state index contributed by atoms with van der Waals surface area (Å²) in [6.45, 7) is 3.07. The molecule has 1 unspecified atom stereocenters. The summed E-state index contributed by atoms with van der Waals surface area (Å²) < 4.78 is 4.96. The lowest BCUT2D eigenvalue weighted by atomic mass is 10.1. The molecular formula is C13H20N2O. The van der Waals surface area contributed by atoms with Crippen LogP contribution in [0.5, 0.6) is 0 Å². The predicted molar refractivity (Wildman–Crippen MR) is 66.7 cm³/mol. The molecule has 0 aliphatic carbocycles. The third-order valence-electron chi connectivity index (χ3n) is 2.98. The van der Waals surface area contributed by atoms with Gasteiger partial charge in [0, 0.05) is 25.4 Å². The van der Waals surface area contributed by atoms with Gasteiger partial charge in [0.25, 0.3) is 0 Å². The van der Waals surface area contributed by atoms with Crippen LogP contribution in [0.1, 0.15) is 18.4 Å². The normalized spacial score (nSPS) is 21.2. The highest BCUT2D eigenvalue weighted by Crippen LogP contribution is 2.15. The summed E-state index contributed by atoms with van der Waals surface area (Å²) in [5, 5.41) is 6.56. The van der Waals surface area contributed by atoms with E-state index in [2.05, 4.69) is 34.9 Å². The van der Waals surface area contributed by atoms with Crippen LogP contribution in [0, 0.1) is 0 Å². The van der Waals surface area contributed by atoms with Crippen molar-refractivity contribution in [2.75, 3.05) is 25.6 Å². The van der Waals surface area contributed by atoms with Crippen LogP contribution in [0.4, 0.5) is 5.69 Å². The van der Waals surface area contributed by atoms with Gasteiger partial charge in [0.05, 0.1) is 6.61 Å². The van der Waals surface area contributed by atoms with Crippen molar-refractivity contribution in [2.24, 2.45) is 0 Å². The molecule has 3 heteroatoms. The van der Waals surface area contributed by atoms with Crippen LogP contribution in [0.2, 0.25) is 0 Å². The molecule has 3 heterocycles. The first-order valence-corrected chi connectivity index (χ1v) is 5.93. The predicted octanol–water partition coefficient (Wildman–Crippen LogP) is 2.00. The van der Waals surface area contributed by atoms with E-state index in [9.17, 15) is 0 Å².